The molecule has 5 nitrogen and oxygen atoms in total. The molecule has 5 heteroatoms. The van der Waals surface area contributed by atoms with Gasteiger partial charge in [-0.1, -0.05) is 6.07 Å². The highest BCUT2D eigenvalue weighted by molar-refractivity contribution is 5.94. The van der Waals surface area contributed by atoms with Gasteiger partial charge in [0.1, 0.15) is 11.6 Å². The summed E-state index contributed by atoms with van der Waals surface area (Å²) in [5.41, 5.74) is 0.720. The lowest BCUT2D eigenvalue weighted by molar-refractivity contribution is 0.101. The van der Waals surface area contributed by atoms with E-state index in [1.165, 1.54) is 0 Å². The summed E-state index contributed by atoms with van der Waals surface area (Å²) in [7, 11) is 0. The van der Waals surface area contributed by atoms with Crippen molar-refractivity contribution < 1.29 is 9.53 Å². The summed E-state index contributed by atoms with van der Waals surface area (Å²) in [6.07, 6.45) is 2.85. The second kappa shape index (κ2) is 8.62. The van der Waals surface area contributed by atoms with E-state index in [0.29, 0.717) is 6.61 Å². The van der Waals surface area contributed by atoms with Crippen LogP contribution < -0.4 is 9.64 Å². The molecule has 2 aromatic rings. The monoisotopic (exact) mass is 339 g/mol. The number of pyridine rings is 1. The Kier molecular flexibility index (Phi) is 6.01. The summed E-state index contributed by atoms with van der Waals surface area (Å²) in [5.74, 6) is 1.97. The standard InChI is InChI=1S/C20H25N3O2/c1-17(24)18-6-8-19(9-7-18)25-16-4-11-22-12-14-23(15-13-22)20-5-2-3-10-21-20/h2-3,5-10H,4,11-16H2,1H3. The Morgan fingerprint density at radius 3 is 2.48 bits per heavy atom. The molecule has 25 heavy (non-hydrogen) atoms. The van der Waals surface area contributed by atoms with E-state index in [0.717, 1.165) is 56.3 Å². The van der Waals surface area contributed by atoms with Crippen molar-refractivity contribution in [1.82, 2.24) is 9.88 Å². The number of ketones is 1. The van der Waals surface area contributed by atoms with Gasteiger partial charge in [0.2, 0.25) is 0 Å². The fourth-order valence-corrected chi connectivity index (χ4v) is 3.01. The third-order valence-electron chi connectivity index (χ3n) is 4.49. The van der Waals surface area contributed by atoms with Crippen molar-refractivity contribution in [2.45, 2.75) is 13.3 Å². The molecule has 0 atom stereocenters. The Labute approximate surface area is 149 Å². The normalized spacial score (nSPS) is 15.2. The topological polar surface area (TPSA) is 45.7 Å². The molecule has 1 aromatic heterocycles. The molecule has 2 heterocycles. The molecule has 1 aromatic carbocycles. The minimum atomic E-state index is 0.0800. The number of nitrogens with zero attached hydrogens (tertiary/aromatic N) is 3. The Hall–Kier alpha value is -2.40. The SMILES string of the molecule is CC(=O)c1ccc(OCCCN2CCN(c3ccccn3)CC2)cc1. The van der Waals surface area contributed by atoms with E-state index in [2.05, 4.69) is 20.9 Å². The molecular formula is C20H25N3O2. The molecule has 0 amide bonds. The zero-order valence-electron chi connectivity index (χ0n) is 14.7. The van der Waals surface area contributed by atoms with Crippen molar-refractivity contribution in [3.8, 4) is 5.75 Å². The highest BCUT2D eigenvalue weighted by Gasteiger charge is 2.17. The summed E-state index contributed by atoms with van der Waals surface area (Å²) in [5, 5.41) is 0. The second-order valence-corrected chi connectivity index (χ2v) is 6.30. The highest BCUT2D eigenvalue weighted by Crippen LogP contribution is 2.14. The minimum Gasteiger partial charge on any atom is -0.494 e. The van der Waals surface area contributed by atoms with Gasteiger partial charge in [-0.25, -0.2) is 4.98 Å². The number of ether oxygens (including phenoxy) is 1. The van der Waals surface area contributed by atoms with Crippen LogP contribution in [0, 0.1) is 0 Å². The molecule has 1 aliphatic heterocycles. The Morgan fingerprint density at radius 1 is 1.08 bits per heavy atom. The summed E-state index contributed by atoms with van der Waals surface area (Å²) in [6, 6.07) is 13.4. The quantitative estimate of drug-likeness (QED) is 0.573. The van der Waals surface area contributed by atoms with E-state index in [1.807, 2.05) is 42.6 Å². The summed E-state index contributed by atoms with van der Waals surface area (Å²) in [6.45, 7) is 7.47. The molecule has 1 aliphatic rings. The molecule has 3 rings (SSSR count). The van der Waals surface area contributed by atoms with Gasteiger partial charge >= 0.3 is 0 Å². The van der Waals surface area contributed by atoms with Crippen molar-refractivity contribution in [3.63, 3.8) is 0 Å². The lowest BCUT2D eigenvalue weighted by Crippen LogP contribution is -2.47. The van der Waals surface area contributed by atoms with Crippen LogP contribution in [0.4, 0.5) is 5.82 Å². The maximum atomic E-state index is 11.3. The predicted octanol–water partition coefficient (Wildman–Crippen LogP) is 2.88. The van der Waals surface area contributed by atoms with E-state index in [9.17, 15) is 4.79 Å². The third kappa shape index (κ3) is 5.03. The predicted molar refractivity (Wildman–Crippen MR) is 99.4 cm³/mol. The number of hydrogen-bond acceptors (Lipinski definition) is 5. The smallest absolute Gasteiger partial charge is 0.159 e. The van der Waals surface area contributed by atoms with Crippen LogP contribution in [-0.2, 0) is 0 Å². The number of aromatic nitrogens is 1. The fraction of sp³-hybridized carbons (Fsp3) is 0.400. The van der Waals surface area contributed by atoms with Crippen LogP contribution in [-0.4, -0.2) is 55.0 Å². The minimum absolute atomic E-state index is 0.0800. The molecule has 0 saturated carbocycles. The molecule has 0 N–H and O–H groups in total. The van der Waals surface area contributed by atoms with Crippen molar-refractivity contribution in [2.75, 3.05) is 44.2 Å². The zero-order chi connectivity index (χ0) is 17.5. The van der Waals surface area contributed by atoms with Gasteiger partial charge in [-0.15, -0.1) is 0 Å². The van der Waals surface area contributed by atoms with E-state index >= 15 is 0 Å². The van der Waals surface area contributed by atoms with Crippen LogP contribution in [0.15, 0.2) is 48.7 Å². The number of rotatable bonds is 7. The molecule has 0 spiro atoms. The first-order chi connectivity index (χ1) is 12.2. The van der Waals surface area contributed by atoms with Crippen molar-refractivity contribution >= 4 is 11.6 Å². The number of anilines is 1. The third-order valence-corrected chi connectivity index (χ3v) is 4.49. The van der Waals surface area contributed by atoms with Gasteiger partial charge in [-0.05, 0) is 49.7 Å². The Bertz CT molecular complexity index is 665. The molecule has 0 aliphatic carbocycles. The van der Waals surface area contributed by atoms with Gasteiger partial charge in [0.25, 0.3) is 0 Å². The zero-order valence-corrected chi connectivity index (χ0v) is 14.7. The Balaban J connectivity index is 1.34. The van der Waals surface area contributed by atoms with E-state index < -0.39 is 0 Å². The van der Waals surface area contributed by atoms with Crippen LogP contribution in [0.2, 0.25) is 0 Å². The van der Waals surface area contributed by atoms with E-state index in [4.69, 9.17) is 4.74 Å². The first-order valence-corrected chi connectivity index (χ1v) is 8.84. The van der Waals surface area contributed by atoms with Gasteiger partial charge in [0.15, 0.2) is 5.78 Å². The highest BCUT2D eigenvalue weighted by atomic mass is 16.5. The number of carbonyl (C=O) groups is 1. The summed E-state index contributed by atoms with van der Waals surface area (Å²) < 4.78 is 5.76. The fourth-order valence-electron chi connectivity index (χ4n) is 3.01. The summed E-state index contributed by atoms with van der Waals surface area (Å²) >= 11 is 0. The van der Waals surface area contributed by atoms with Crippen molar-refractivity contribution in [1.29, 1.82) is 0 Å². The number of benzene rings is 1. The van der Waals surface area contributed by atoms with Crippen LogP contribution in [0.25, 0.3) is 0 Å². The van der Waals surface area contributed by atoms with Crippen molar-refractivity contribution in [2.24, 2.45) is 0 Å². The number of hydrogen-bond donors (Lipinski definition) is 0. The number of Topliss-reactive ketones (excluding diaryl/α,β-unsaturated/α-hetero) is 1. The molecule has 0 radical (unpaired) electrons. The molecule has 132 valence electrons. The number of carbonyl (C=O) groups excluding carboxylic acids is 1. The maximum Gasteiger partial charge on any atom is 0.159 e. The molecular weight excluding hydrogens is 314 g/mol. The Morgan fingerprint density at radius 2 is 1.84 bits per heavy atom. The van der Waals surface area contributed by atoms with E-state index in [-0.39, 0.29) is 5.78 Å². The number of piperazine rings is 1. The van der Waals surface area contributed by atoms with Gasteiger partial charge in [0.05, 0.1) is 6.61 Å². The van der Waals surface area contributed by atoms with Crippen LogP contribution in [0.1, 0.15) is 23.7 Å². The first kappa shape index (κ1) is 17.4. The van der Waals surface area contributed by atoms with Gasteiger partial charge in [0, 0.05) is 44.5 Å². The molecule has 1 saturated heterocycles. The summed E-state index contributed by atoms with van der Waals surface area (Å²) in [4.78, 5) is 20.5. The maximum absolute atomic E-state index is 11.3. The lowest BCUT2D eigenvalue weighted by Gasteiger charge is -2.35. The first-order valence-electron chi connectivity index (χ1n) is 8.84. The van der Waals surface area contributed by atoms with Crippen LogP contribution >= 0.6 is 0 Å². The lowest BCUT2D eigenvalue weighted by atomic mass is 10.1. The van der Waals surface area contributed by atoms with E-state index in [1.54, 1.807) is 6.92 Å². The van der Waals surface area contributed by atoms with Crippen molar-refractivity contribution in [3.05, 3.63) is 54.2 Å². The average Bonchev–Trinajstić information content (AvgIpc) is 2.67. The average molecular weight is 339 g/mol. The molecule has 0 bridgehead atoms. The van der Waals surface area contributed by atoms with Gasteiger partial charge in [-0.2, -0.15) is 0 Å². The van der Waals surface area contributed by atoms with Gasteiger partial charge < -0.3 is 9.64 Å². The molecule has 0 unspecified atom stereocenters. The van der Waals surface area contributed by atoms with Crippen LogP contribution in [0.3, 0.4) is 0 Å². The largest absolute Gasteiger partial charge is 0.494 e. The molecule has 1 fully saturated rings. The van der Waals surface area contributed by atoms with Gasteiger partial charge in [-0.3, -0.25) is 9.69 Å². The van der Waals surface area contributed by atoms with Crippen LogP contribution in [0.5, 0.6) is 5.75 Å². The second-order valence-electron chi connectivity index (χ2n) is 6.30.